The van der Waals surface area contributed by atoms with Crippen molar-refractivity contribution >= 4 is 0 Å². The van der Waals surface area contributed by atoms with Crippen LogP contribution in [0.25, 0.3) is 0 Å². The molecule has 0 unspecified atom stereocenters. The Morgan fingerprint density at radius 3 is 2.57 bits per heavy atom. The van der Waals surface area contributed by atoms with Gasteiger partial charge in [0.15, 0.2) is 11.5 Å². The van der Waals surface area contributed by atoms with Crippen molar-refractivity contribution in [2.24, 2.45) is 0 Å². The van der Waals surface area contributed by atoms with Gasteiger partial charge in [-0.1, -0.05) is 12.0 Å². The molecule has 0 fully saturated rings. The van der Waals surface area contributed by atoms with Crippen molar-refractivity contribution in [2.75, 3.05) is 7.11 Å². The number of phenols is 1. The Morgan fingerprint density at radius 1 is 1.43 bits per heavy atom. The number of terminal acetylenes is 1. The summed E-state index contributed by atoms with van der Waals surface area (Å²) in [6.07, 6.45) is 5.41. The molecule has 0 bridgehead atoms. The van der Waals surface area contributed by atoms with Gasteiger partial charge in [0.1, 0.15) is 0 Å². The number of methoxy groups -OCH3 is 1. The summed E-state index contributed by atoms with van der Waals surface area (Å²) in [4.78, 5) is 0. The van der Waals surface area contributed by atoms with Gasteiger partial charge >= 0.3 is 0 Å². The monoisotopic (exact) mass is 190 g/mol. The van der Waals surface area contributed by atoms with E-state index in [2.05, 4.69) is 5.92 Å². The minimum absolute atomic E-state index is 0.129. The van der Waals surface area contributed by atoms with Gasteiger partial charge in [-0.2, -0.15) is 0 Å². The van der Waals surface area contributed by atoms with E-state index in [0.717, 1.165) is 5.56 Å². The van der Waals surface area contributed by atoms with Crippen LogP contribution in [0.3, 0.4) is 0 Å². The molecule has 1 aromatic carbocycles. The lowest BCUT2D eigenvalue weighted by Crippen LogP contribution is -2.13. The molecule has 0 amide bonds. The highest BCUT2D eigenvalue weighted by Crippen LogP contribution is 2.31. The van der Waals surface area contributed by atoms with E-state index in [1.807, 2.05) is 13.8 Å². The maximum absolute atomic E-state index is 9.40. The lowest BCUT2D eigenvalue weighted by Gasteiger charge is -2.18. The van der Waals surface area contributed by atoms with Gasteiger partial charge in [-0.3, -0.25) is 0 Å². The molecule has 2 heteroatoms. The van der Waals surface area contributed by atoms with Crippen LogP contribution in [0.1, 0.15) is 19.4 Å². The van der Waals surface area contributed by atoms with Crippen LogP contribution >= 0.6 is 0 Å². The Labute approximate surface area is 84.5 Å². The molecule has 0 spiro atoms. The van der Waals surface area contributed by atoms with Crippen LogP contribution in [0.2, 0.25) is 0 Å². The Balaban J connectivity index is 3.21. The predicted molar refractivity (Wildman–Crippen MR) is 56.5 cm³/mol. The molecule has 1 rings (SSSR count). The molecule has 0 aliphatic rings. The van der Waals surface area contributed by atoms with Crippen LogP contribution in [-0.4, -0.2) is 12.2 Å². The first kappa shape index (κ1) is 10.5. The molecule has 0 atom stereocenters. The fraction of sp³-hybridized carbons (Fsp3) is 0.333. The van der Waals surface area contributed by atoms with Crippen LogP contribution < -0.4 is 4.74 Å². The third-order valence-electron chi connectivity index (χ3n) is 2.26. The van der Waals surface area contributed by atoms with Gasteiger partial charge in [0.25, 0.3) is 0 Å². The van der Waals surface area contributed by atoms with Crippen molar-refractivity contribution in [3.8, 4) is 23.8 Å². The zero-order valence-electron chi connectivity index (χ0n) is 8.66. The Hall–Kier alpha value is -1.62. The van der Waals surface area contributed by atoms with Gasteiger partial charge < -0.3 is 9.84 Å². The van der Waals surface area contributed by atoms with Gasteiger partial charge in [-0.15, -0.1) is 6.42 Å². The third kappa shape index (κ3) is 1.82. The van der Waals surface area contributed by atoms with Crippen LogP contribution in [0.5, 0.6) is 11.5 Å². The summed E-state index contributed by atoms with van der Waals surface area (Å²) < 4.78 is 5.01. The topological polar surface area (TPSA) is 29.5 Å². The molecule has 1 N–H and O–H groups in total. The number of benzene rings is 1. The van der Waals surface area contributed by atoms with Crippen molar-refractivity contribution in [3.63, 3.8) is 0 Å². The highest BCUT2D eigenvalue weighted by molar-refractivity contribution is 5.45. The lowest BCUT2D eigenvalue weighted by atomic mass is 9.85. The van der Waals surface area contributed by atoms with E-state index in [9.17, 15) is 5.11 Å². The second-order valence-electron chi connectivity index (χ2n) is 3.66. The first-order valence-electron chi connectivity index (χ1n) is 4.36. The van der Waals surface area contributed by atoms with Gasteiger partial charge in [0.2, 0.25) is 0 Å². The average molecular weight is 190 g/mol. The molecular weight excluding hydrogens is 176 g/mol. The summed E-state index contributed by atoms with van der Waals surface area (Å²) in [6, 6.07) is 5.15. The standard InChI is InChI=1S/C12H14O2/c1-5-12(2,3)9-6-7-10(13)11(8-9)14-4/h1,6-8,13H,2-4H3. The van der Waals surface area contributed by atoms with E-state index >= 15 is 0 Å². The molecule has 0 saturated carbocycles. The van der Waals surface area contributed by atoms with Crippen LogP contribution in [0.4, 0.5) is 0 Å². The summed E-state index contributed by atoms with van der Waals surface area (Å²) >= 11 is 0. The molecule has 2 nitrogen and oxygen atoms in total. The average Bonchev–Trinajstić information content (AvgIpc) is 2.18. The number of phenolic OH excluding ortho intramolecular Hbond substituents is 1. The van der Waals surface area contributed by atoms with Gasteiger partial charge in [-0.05, 0) is 31.5 Å². The summed E-state index contributed by atoms with van der Waals surface area (Å²) in [5.74, 6) is 3.27. The Morgan fingerprint density at radius 2 is 2.07 bits per heavy atom. The molecular formula is C12H14O2. The molecule has 0 aliphatic carbocycles. The molecule has 0 heterocycles. The molecule has 0 radical (unpaired) electrons. The van der Waals surface area contributed by atoms with E-state index in [1.165, 1.54) is 7.11 Å². The smallest absolute Gasteiger partial charge is 0.160 e. The normalized spacial score (nSPS) is 10.7. The number of hydrogen-bond donors (Lipinski definition) is 1. The summed E-state index contributed by atoms with van der Waals surface area (Å²) in [7, 11) is 1.52. The molecule has 1 aromatic rings. The zero-order chi connectivity index (χ0) is 10.8. The van der Waals surface area contributed by atoms with E-state index < -0.39 is 0 Å². The van der Waals surface area contributed by atoms with Crippen LogP contribution in [0, 0.1) is 12.3 Å². The number of aromatic hydroxyl groups is 1. The summed E-state index contributed by atoms with van der Waals surface area (Å²) in [5, 5.41) is 9.40. The number of rotatable bonds is 2. The number of hydrogen-bond acceptors (Lipinski definition) is 2. The zero-order valence-corrected chi connectivity index (χ0v) is 8.66. The summed E-state index contributed by atoms with van der Waals surface area (Å²) in [6.45, 7) is 3.89. The summed E-state index contributed by atoms with van der Waals surface area (Å²) in [5.41, 5.74) is 0.607. The molecule has 74 valence electrons. The fourth-order valence-electron chi connectivity index (χ4n) is 1.15. The van der Waals surface area contributed by atoms with Crippen molar-refractivity contribution in [2.45, 2.75) is 19.3 Å². The van der Waals surface area contributed by atoms with Crippen molar-refractivity contribution in [3.05, 3.63) is 23.8 Å². The van der Waals surface area contributed by atoms with E-state index in [-0.39, 0.29) is 11.2 Å². The minimum Gasteiger partial charge on any atom is -0.504 e. The first-order valence-corrected chi connectivity index (χ1v) is 4.36. The molecule has 14 heavy (non-hydrogen) atoms. The molecule has 0 saturated heterocycles. The van der Waals surface area contributed by atoms with Gasteiger partial charge in [-0.25, -0.2) is 0 Å². The second kappa shape index (κ2) is 3.63. The first-order chi connectivity index (χ1) is 6.51. The van der Waals surface area contributed by atoms with E-state index in [4.69, 9.17) is 11.2 Å². The number of ether oxygens (including phenoxy) is 1. The van der Waals surface area contributed by atoms with Gasteiger partial charge in [0.05, 0.1) is 12.5 Å². The van der Waals surface area contributed by atoms with Crippen LogP contribution in [0.15, 0.2) is 18.2 Å². The quantitative estimate of drug-likeness (QED) is 0.725. The van der Waals surface area contributed by atoms with Crippen molar-refractivity contribution in [1.29, 1.82) is 0 Å². The van der Waals surface area contributed by atoms with Crippen molar-refractivity contribution < 1.29 is 9.84 Å². The van der Waals surface area contributed by atoms with Crippen LogP contribution in [-0.2, 0) is 5.41 Å². The molecule has 0 aliphatic heterocycles. The van der Waals surface area contributed by atoms with E-state index in [1.54, 1.807) is 18.2 Å². The highest BCUT2D eigenvalue weighted by Gasteiger charge is 2.18. The maximum Gasteiger partial charge on any atom is 0.160 e. The van der Waals surface area contributed by atoms with Gasteiger partial charge in [0, 0.05) is 0 Å². The lowest BCUT2D eigenvalue weighted by molar-refractivity contribution is 0.372. The van der Waals surface area contributed by atoms with Crippen molar-refractivity contribution in [1.82, 2.24) is 0 Å². The predicted octanol–water partition coefficient (Wildman–Crippen LogP) is 2.31. The van der Waals surface area contributed by atoms with E-state index in [0.29, 0.717) is 5.75 Å². The SMILES string of the molecule is C#CC(C)(C)c1ccc(O)c(OC)c1. The maximum atomic E-state index is 9.40. The third-order valence-corrected chi connectivity index (χ3v) is 2.26. The largest absolute Gasteiger partial charge is 0.504 e. The second-order valence-corrected chi connectivity index (χ2v) is 3.66. The Bertz CT molecular complexity index is 372. The Kier molecular flexibility index (Phi) is 2.71. The molecule has 0 aromatic heterocycles. The fourth-order valence-corrected chi connectivity index (χ4v) is 1.15. The highest BCUT2D eigenvalue weighted by atomic mass is 16.5. The minimum atomic E-state index is -0.346.